The van der Waals surface area contributed by atoms with E-state index in [0.29, 0.717) is 17.7 Å². The number of hydrogen-bond acceptors (Lipinski definition) is 4. The molecule has 2 N–H and O–H groups in total. The monoisotopic (exact) mass is 421 g/mol. The van der Waals surface area contributed by atoms with E-state index in [4.69, 9.17) is 4.74 Å². The second kappa shape index (κ2) is 10.2. The first-order chi connectivity index (χ1) is 14.9. The van der Waals surface area contributed by atoms with Crippen LogP contribution in [0.5, 0.6) is 0 Å². The van der Waals surface area contributed by atoms with Crippen LogP contribution in [0.2, 0.25) is 0 Å². The molecule has 164 valence electrons. The molecule has 1 aliphatic rings. The van der Waals surface area contributed by atoms with Crippen molar-refractivity contribution < 1.29 is 14.3 Å². The lowest BCUT2D eigenvalue weighted by Crippen LogP contribution is -2.46. The first-order valence-corrected chi connectivity index (χ1v) is 10.8. The van der Waals surface area contributed by atoms with Crippen LogP contribution in [0.15, 0.2) is 65.9 Å². The van der Waals surface area contributed by atoms with E-state index in [1.54, 1.807) is 0 Å². The number of anilines is 1. The van der Waals surface area contributed by atoms with E-state index in [0.717, 1.165) is 24.2 Å². The van der Waals surface area contributed by atoms with Gasteiger partial charge in [0, 0.05) is 25.0 Å². The van der Waals surface area contributed by atoms with Gasteiger partial charge in [0.05, 0.1) is 17.7 Å². The lowest BCUT2D eigenvalue weighted by atomic mass is 9.93. The van der Waals surface area contributed by atoms with E-state index in [1.165, 1.54) is 5.56 Å². The summed E-state index contributed by atoms with van der Waals surface area (Å²) in [7, 11) is 2.04. The second-order valence-corrected chi connectivity index (χ2v) is 8.06. The highest BCUT2D eigenvalue weighted by Gasteiger charge is 2.33. The molecule has 2 aromatic carbocycles. The minimum atomic E-state index is -0.546. The Bertz CT molecular complexity index is 936. The molecule has 0 bridgehead atoms. The fourth-order valence-electron chi connectivity index (χ4n) is 3.70. The van der Waals surface area contributed by atoms with Crippen LogP contribution in [-0.2, 0) is 16.1 Å². The van der Waals surface area contributed by atoms with Crippen molar-refractivity contribution in [3.05, 3.63) is 77.0 Å². The molecular weight excluding hydrogens is 390 g/mol. The van der Waals surface area contributed by atoms with Crippen LogP contribution < -0.4 is 15.5 Å². The number of carbonyl (C=O) groups excluding carboxylic acids is 2. The third kappa shape index (κ3) is 5.66. The van der Waals surface area contributed by atoms with Crippen LogP contribution in [0, 0.1) is 0 Å². The van der Waals surface area contributed by atoms with Gasteiger partial charge in [-0.2, -0.15) is 0 Å². The third-order valence-corrected chi connectivity index (χ3v) is 5.15. The predicted octanol–water partition coefficient (Wildman–Crippen LogP) is 4.68. The normalized spacial score (nSPS) is 16.0. The average Bonchev–Trinajstić information content (AvgIpc) is 2.74. The number of ether oxygens (including phenoxy) is 1. The van der Waals surface area contributed by atoms with Crippen molar-refractivity contribution in [1.82, 2.24) is 10.6 Å². The third-order valence-electron chi connectivity index (χ3n) is 5.15. The van der Waals surface area contributed by atoms with Gasteiger partial charge in [-0.15, -0.1) is 0 Å². The SMILES string of the molecule is CCCC1=C(C(=O)OC(C)C)C(c2ccc(N(C)Cc3ccccc3)cc2)NC(=O)N1. The molecule has 1 heterocycles. The number of amides is 2. The standard InChI is InChI=1S/C25H31N3O3/c1-5-9-21-22(24(29)31-17(2)3)23(27-25(30)26-21)19-12-14-20(15-13-19)28(4)16-18-10-7-6-8-11-18/h6-8,10-15,17,23H,5,9,16H2,1-4H3,(H2,26,27,30). The molecule has 0 fully saturated rings. The molecule has 3 rings (SSSR count). The van der Waals surface area contributed by atoms with Gasteiger partial charge in [0.1, 0.15) is 0 Å². The Morgan fingerprint density at radius 2 is 1.77 bits per heavy atom. The molecule has 1 atom stereocenters. The maximum Gasteiger partial charge on any atom is 0.338 e. The molecule has 2 aromatic rings. The summed E-state index contributed by atoms with van der Waals surface area (Å²) in [5.74, 6) is -0.402. The van der Waals surface area contributed by atoms with Gasteiger partial charge >= 0.3 is 12.0 Å². The van der Waals surface area contributed by atoms with Crippen molar-refractivity contribution in [2.45, 2.75) is 52.3 Å². The lowest BCUT2D eigenvalue weighted by molar-refractivity contribution is -0.143. The Kier molecular flexibility index (Phi) is 7.34. The molecule has 0 saturated carbocycles. The van der Waals surface area contributed by atoms with E-state index in [-0.39, 0.29) is 12.1 Å². The molecule has 6 nitrogen and oxygen atoms in total. The molecule has 0 aliphatic carbocycles. The van der Waals surface area contributed by atoms with Gasteiger partial charge in [-0.3, -0.25) is 0 Å². The molecule has 1 aliphatic heterocycles. The zero-order chi connectivity index (χ0) is 22.4. The van der Waals surface area contributed by atoms with Crippen molar-refractivity contribution in [2.75, 3.05) is 11.9 Å². The molecule has 0 spiro atoms. The van der Waals surface area contributed by atoms with Crippen LogP contribution in [0.25, 0.3) is 0 Å². The highest BCUT2D eigenvalue weighted by Crippen LogP contribution is 2.31. The molecule has 2 amide bonds. The van der Waals surface area contributed by atoms with Crippen LogP contribution in [0.3, 0.4) is 0 Å². The van der Waals surface area contributed by atoms with E-state index < -0.39 is 12.0 Å². The smallest absolute Gasteiger partial charge is 0.338 e. The summed E-state index contributed by atoms with van der Waals surface area (Å²) in [6.45, 7) is 6.44. The Hall–Kier alpha value is -3.28. The van der Waals surface area contributed by atoms with Crippen molar-refractivity contribution in [1.29, 1.82) is 0 Å². The van der Waals surface area contributed by atoms with Crippen LogP contribution in [0.4, 0.5) is 10.5 Å². The summed E-state index contributed by atoms with van der Waals surface area (Å²) in [6.07, 6.45) is 1.17. The number of allylic oxidation sites excluding steroid dienone is 1. The summed E-state index contributed by atoms with van der Waals surface area (Å²) in [4.78, 5) is 27.3. The van der Waals surface area contributed by atoms with Crippen molar-refractivity contribution in [3.63, 3.8) is 0 Å². The Morgan fingerprint density at radius 3 is 2.39 bits per heavy atom. The van der Waals surface area contributed by atoms with Gasteiger partial charge in [0.2, 0.25) is 0 Å². The largest absolute Gasteiger partial charge is 0.459 e. The highest BCUT2D eigenvalue weighted by molar-refractivity contribution is 5.95. The molecule has 1 unspecified atom stereocenters. The number of nitrogens with one attached hydrogen (secondary N) is 2. The van der Waals surface area contributed by atoms with Crippen LogP contribution in [0.1, 0.15) is 50.8 Å². The van der Waals surface area contributed by atoms with E-state index >= 15 is 0 Å². The molecule has 31 heavy (non-hydrogen) atoms. The van der Waals surface area contributed by atoms with Crippen molar-refractivity contribution in [3.8, 4) is 0 Å². The number of carbonyl (C=O) groups is 2. The van der Waals surface area contributed by atoms with Crippen LogP contribution in [-0.4, -0.2) is 25.2 Å². The summed E-state index contributed by atoms with van der Waals surface area (Å²) in [5, 5.41) is 5.69. The number of benzene rings is 2. The van der Waals surface area contributed by atoms with Gasteiger partial charge < -0.3 is 20.3 Å². The Morgan fingerprint density at radius 1 is 1.10 bits per heavy atom. The summed E-state index contributed by atoms with van der Waals surface area (Å²) in [6, 6.07) is 17.4. The topological polar surface area (TPSA) is 70.7 Å². The van der Waals surface area contributed by atoms with Gasteiger partial charge in [-0.25, -0.2) is 9.59 Å². The lowest BCUT2D eigenvalue weighted by Gasteiger charge is -2.30. The number of nitrogens with zero attached hydrogens (tertiary/aromatic N) is 1. The summed E-state index contributed by atoms with van der Waals surface area (Å²) < 4.78 is 5.49. The maximum atomic E-state index is 12.9. The number of esters is 1. The van der Waals surface area contributed by atoms with E-state index in [2.05, 4.69) is 27.7 Å². The minimum Gasteiger partial charge on any atom is -0.459 e. The fraction of sp³-hybridized carbons (Fsp3) is 0.360. The van der Waals surface area contributed by atoms with E-state index in [9.17, 15) is 9.59 Å². The van der Waals surface area contributed by atoms with Crippen molar-refractivity contribution >= 4 is 17.7 Å². The first kappa shape index (κ1) is 22.4. The van der Waals surface area contributed by atoms with E-state index in [1.807, 2.05) is 70.3 Å². The number of hydrogen-bond donors (Lipinski definition) is 2. The number of rotatable bonds is 8. The molecule has 0 radical (unpaired) electrons. The summed E-state index contributed by atoms with van der Waals surface area (Å²) in [5.41, 5.74) is 4.23. The molecule has 0 aromatic heterocycles. The fourth-order valence-corrected chi connectivity index (χ4v) is 3.70. The van der Waals surface area contributed by atoms with Crippen LogP contribution >= 0.6 is 0 Å². The van der Waals surface area contributed by atoms with Gasteiger partial charge in [0.25, 0.3) is 0 Å². The zero-order valence-corrected chi connectivity index (χ0v) is 18.6. The quantitative estimate of drug-likeness (QED) is 0.607. The maximum absolute atomic E-state index is 12.9. The minimum absolute atomic E-state index is 0.241. The predicted molar refractivity (Wildman–Crippen MR) is 123 cm³/mol. The van der Waals surface area contributed by atoms with Gasteiger partial charge in [-0.05, 0) is 43.5 Å². The van der Waals surface area contributed by atoms with Gasteiger partial charge in [-0.1, -0.05) is 55.8 Å². The Labute approximate surface area is 184 Å². The second-order valence-electron chi connectivity index (χ2n) is 8.06. The first-order valence-electron chi connectivity index (χ1n) is 10.8. The number of urea groups is 1. The highest BCUT2D eigenvalue weighted by atomic mass is 16.5. The Balaban J connectivity index is 1.87. The summed E-state index contributed by atoms with van der Waals surface area (Å²) >= 11 is 0. The van der Waals surface area contributed by atoms with Gasteiger partial charge in [0.15, 0.2) is 0 Å². The zero-order valence-electron chi connectivity index (χ0n) is 18.6. The van der Waals surface area contributed by atoms with Crippen molar-refractivity contribution in [2.24, 2.45) is 0 Å². The molecule has 6 heteroatoms. The average molecular weight is 422 g/mol. The molecular formula is C25H31N3O3. The molecule has 0 saturated heterocycles.